The predicted molar refractivity (Wildman–Crippen MR) is 76.5 cm³/mol. The van der Waals surface area contributed by atoms with Gasteiger partial charge in [-0.15, -0.1) is 0 Å². The Balaban J connectivity index is 1.83. The molecule has 19 heavy (non-hydrogen) atoms. The molecule has 0 bridgehead atoms. The second-order valence-electron chi connectivity index (χ2n) is 5.12. The summed E-state index contributed by atoms with van der Waals surface area (Å²) in [5.74, 6) is 0.739. The molecule has 0 aliphatic heterocycles. The fourth-order valence-corrected chi connectivity index (χ4v) is 2.43. The molecule has 4 heteroatoms. The normalized spacial score (nSPS) is 16.5. The van der Waals surface area contributed by atoms with Crippen LogP contribution in [0.25, 0.3) is 0 Å². The summed E-state index contributed by atoms with van der Waals surface area (Å²) in [7, 11) is 1.62. The van der Waals surface area contributed by atoms with Gasteiger partial charge in [-0.1, -0.05) is 13.0 Å². The minimum atomic E-state index is -0.00650. The van der Waals surface area contributed by atoms with Crippen molar-refractivity contribution in [1.29, 1.82) is 0 Å². The van der Waals surface area contributed by atoms with Crippen LogP contribution in [0.5, 0.6) is 5.75 Å². The van der Waals surface area contributed by atoms with Crippen molar-refractivity contribution in [2.75, 3.05) is 19.0 Å². The van der Waals surface area contributed by atoms with Crippen molar-refractivity contribution in [2.45, 2.75) is 38.1 Å². The molecule has 1 saturated carbocycles. The molecule has 2 rings (SSSR count). The summed E-state index contributed by atoms with van der Waals surface area (Å²) >= 11 is 0. The smallest absolute Gasteiger partial charge is 0.238 e. The molecule has 0 atom stereocenters. The van der Waals surface area contributed by atoms with Crippen LogP contribution in [0.4, 0.5) is 5.69 Å². The number of ether oxygens (including phenoxy) is 1. The van der Waals surface area contributed by atoms with Crippen LogP contribution in [-0.2, 0) is 4.79 Å². The lowest BCUT2D eigenvalue weighted by atomic mass is 9.75. The average Bonchev–Trinajstić information content (AvgIpc) is 2.38. The Bertz CT molecular complexity index is 436. The standard InChI is InChI=1S/C15H22N2O2/c1-3-15(8-5-9-15)16-11-14(18)17-12-6-4-7-13(10-12)19-2/h4,6-7,10,16H,3,5,8-9,11H2,1-2H3,(H,17,18). The van der Waals surface area contributed by atoms with E-state index in [-0.39, 0.29) is 11.4 Å². The van der Waals surface area contributed by atoms with E-state index in [1.807, 2.05) is 24.3 Å². The van der Waals surface area contributed by atoms with Crippen LogP contribution >= 0.6 is 0 Å². The number of carbonyl (C=O) groups excluding carboxylic acids is 1. The summed E-state index contributed by atoms with van der Waals surface area (Å²) < 4.78 is 5.13. The van der Waals surface area contributed by atoms with Gasteiger partial charge in [-0.2, -0.15) is 0 Å². The largest absolute Gasteiger partial charge is 0.497 e. The number of nitrogens with one attached hydrogen (secondary N) is 2. The lowest BCUT2D eigenvalue weighted by molar-refractivity contribution is -0.116. The molecule has 104 valence electrons. The minimum Gasteiger partial charge on any atom is -0.497 e. The minimum absolute atomic E-state index is 0.00650. The van der Waals surface area contributed by atoms with E-state index in [0.29, 0.717) is 6.54 Å². The van der Waals surface area contributed by atoms with Crippen molar-refractivity contribution >= 4 is 11.6 Å². The van der Waals surface area contributed by atoms with Gasteiger partial charge in [0.05, 0.1) is 13.7 Å². The molecule has 0 unspecified atom stereocenters. The Morgan fingerprint density at radius 1 is 1.42 bits per heavy atom. The van der Waals surface area contributed by atoms with Gasteiger partial charge in [-0.25, -0.2) is 0 Å². The van der Waals surface area contributed by atoms with E-state index >= 15 is 0 Å². The Kier molecular flexibility index (Phi) is 4.43. The average molecular weight is 262 g/mol. The van der Waals surface area contributed by atoms with Gasteiger partial charge in [0.25, 0.3) is 0 Å². The zero-order valence-electron chi connectivity index (χ0n) is 11.7. The highest BCUT2D eigenvalue weighted by molar-refractivity contribution is 5.92. The predicted octanol–water partition coefficient (Wildman–Crippen LogP) is 2.56. The molecule has 1 amide bonds. The molecule has 4 nitrogen and oxygen atoms in total. The first-order valence-corrected chi connectivity index (χ1v) is 6.86. The third-order valence-electron chi connectivity index (χ3n) is 3.96. The number of hydrogen-bond donors (Lipinski definition) is 2. The molecular formula is C15H22N2O2. The van der Waals surface area contributed by atoms with Gasteiger partial charge in [0, 0.05) is 17.3 Å². The van der Waals surface area contributed by atoms with Crippen molar-refractivity contribution in [3.05, 3.63) is 24.3 Å². The number of amides is 1. The molecule has 1 aromatic carbocycles. The Hall–Kier alpha value is -1.55. The Morgan fingerprint density at radius 2 is 2.21 bits per heavy atom. The maximum atomic E-state index is 11.9. The lowest BCUT2D eigenvalue weighted by Crippen LogP contribution is -2.52. The van der Waals surface area contributed by atoms with Gasteiger partial charge >= 0.3 is 0 Å². The van der Waals surface area contributed by atoms with Crippen LogP contribution in [0.2, 0.25) is 0 Å². The number of rotatable bonds is 6. The molecule has 0 spiro atoms. The molecular weight excluding hydrogens is 240 g/mol. The molecule has 1 aliphatic carbocycles. The van der Waals surface area contributed by atoms with Gasteiger partial charge in [0.15, 0.2) is 0 Å². The highest BCUT2D eigenvalue weighted by atomic mass is 16.5. The fourth-order valence-electron chi connectivity index (χ4n) is 2.43. The molecule has 0 radical (unpaired) electrons. The number of methoxy groups -OCH3 is 1. The molecule has 1 aliphatic rings. The van der Waals surface area contributed by atoms with Gasteiger partial charge in [0.2, 0.25) is 5.91 Å². The topological polar surface area (TPSA) is 50.4 Å². The van der Waals surface area contributed by atoms with E-state index in [0.717, 1.165) is 17.9 Å². The number of anilines is 1. The van der Waals surface area contributed by atoms with Crippen molar-refractivity contribution in [1.82, 2.24) is 5.32 Å². The number of carbonyl (C=O) groups is 1. The van der Waals surface area contributed by atoms with Gasteiger partial charge in [-0.3, -0.25) is 4.79 Å². The Morgan fingerprint density at radius 3 is 2.79 bits per heavy atom. The lowest BCUT2D eigenvalue weighted by Gasteiger charge is -2.42. The van der Waals surface area contributed by atoms with Crippen LogP contribution in [0.1, 0.15) is 32.6 Å². The van der Waals surface area contributed by atoms with Crippen molar-refractivity contribution in [3.63, 3.8) is 0 Å². The first kappa shape index (κ1) is 13.9. The van der Waals surface area contributed by atoms with Crippen LogP contribution in [0, 0.1) is 0 Å². The third-order valence-corrected chi connectivity index (χ3v) is 3.96. The van der Waals surface area contributed by atoms with E-state index < -0.39 is 0 Å². The summed E-state index contributed by atoms with van der Waals surface area (Å²) in [5, 5.41) is 6.27. The zero-order valence-corrected chi connectivity index (χ0v) is 11.7. The number of hydrogen-bond acceptors (Lipinski definition) is 3. The van der Waals surface area contributed by atoms with E-state index in [2.05, 4.69) is 17.6 Å². The molecule has 1 aromatic rings. The second kappa shape index (κ2) is 6.06. The van der Waals surface area contributed by atoms with Gasteiger partial charge in [0.1, 0.15) is 5.75 Å². The first-order valence-electron chi connectivity index (χ1n) is 6.86. The highest BCUT2D eigenvalue weighted by Crippen LogP contribution is 2.34. The first-order chi connectivity index (χ1) is 9.17. The summed E-state index contributed by atoms with van der Waals surface area (Å²) in [6, 6.07) is 7.39. The number of benzene rings is 1. The van der Waals surface area contributed by atoms with E-state index in [1.165, 1.54) is 19.3 Å². The van der Waals surface area contributed by atoms with Crippen LogP contribution < -0.4 is 15.4 Å². The molecule has 1 fully saturated rings. The highest BCUT2D eigenvalue weighted by Gasteiger charge is 2.34. The van der Waals surface area contributed by atoms with Gasteiger partial charge < -0.3 is 15.4 Å². The van der Waals surface area contributed by atoms with E-state index in [9.17, 15) is 4.79 Å². The summed E-state index contributed by atoms with van der Waals surface area (Å²) in [6.07, 6.45) is 4.70. The Labute approximate surface area is 114 Å². The zero-order chi connectivity index (χ0) is 13.7. The fraction of sp³-hybridized carbons (Fsp3) is 0.533. The van der Waals surface area contributed by atoms with Crippen molar-refractivity contribution in [2.24, 2.45) is 0 Å². The summed E-state index contributed by atoms with van der Waals surface area (Å²) in [4.78, 5) is 11.9. The van der Waals surface area contributed by atoms with Crippen LogP contribution in [-0.4, -0.2) is 25.1 Å². The summed E-state index contributed by atoms with van der Waals surface area (Å²) in [5.41, 5.74) is 0.969. The quantitative estimate of drug-likeness (QED) is 0.828. The maximum absolute atomic E-state index is 11.9. The van der Waals surface area contributed by atoms with Crippen molar-refractivity contribution in [3.8, 4) is 5.75 Å². The van der Waals surface area contributed by atoms with Crippen LogP contribution in [0.15, 0.2) is 24.3 Å². The van der Waals surface area contributed by atoms with Gasteiger partial charge in [-0.05, 0) is 37.8 Å². The molecule has 2 N–H and O–H groups in total. The third kappa shape index (κ3) is 3.47. The van der Waals surface area contributed by atoms with Crippen molar-refractivity contribution < 1.29 is 9.53 Å². The van der Waals surface area contributed by atoms with Crippen LogP contribution in [0.3, 0.4) is 0 Å². The molecule has 0 heterocycles. The van der Waals surface area contributed by atoms with E-state index in [4.69, 9.17) is 4.74 Å². The summed E-state index contributed by atoms with van der Waals surface area (Å²) in [6.45, 7) is 2.54. The molecule has 0 aromatic heterocycles. The monoisotopic (exact) mass is 262 g/mol. The van der Waals surface area contributed by atoms with E-state index in [1.54, 1.807) is 7.11 Å². The molecule has 0 saturated heterocycles. The SMILES string of the molecule is CCC1(NCC(=O)Nc2cccc(OC)c2)CCC1. The maximum Gasteiger partial charge on any atom is 0.238 e. The second-order valence-corrected chi connectivity index (χ2v) is 5.12.